The molecular formula is C14H20N2O2S. The van der Waals surface area contributed by atoms with Crippen LogP contribution in [0.5, 0.6) is 0 Å². The number of aliphatic hydroxyl groups is 1. The molecule has 4 N–H and O–H groups in total. The second kappa shape index (κ2) is 6.41. The topological polar surface area (TPSA) is 75.4 Å². The zero-order valence-electron chi connectivity index (χ0n) is 10.9. The van der Waals surface area contributed by atoms with E-state index in [1.807, 2.05) is 23.9 Å². The van der Waals surface area contributed by atoms with Crippen molar-refractivity contribution >= 4 is 17.7 Å². The molecule has 19 heavy (non-hydrogen) atoms. The number of carbonyl (C=O) groups is 1. The van der Waals surface area contributed by atoms with Crippen molar-refractivity contribution in [2.24, 2.45) is 5.73 Å². The summed E-state index contributed by atoms with van der Waals surface area (Å²) in [6.07, 6.45) is 1.68. The Morgan fingerprint density at radius 3 is 2.84 bits per heavy atom. The second-order valence-electron chi connectivity index (χ2n) is 5.00. The van der Waals surface area contributed by atoms with E-state index >= 15 is 0 Å². The summed E-state index contributed by atoms with van der Waals surface area (Å²) in [5.41, 5.74) is 6.20. The number of thioether (sulfide) groups is 1. The Kier molecular flexibility index (Phi) is 4.85. The maximum atomic E-state index is 11.1. The quantitative estimate of drug-likeness (QED) is 0.756. The van der Waals surface area contributed by atoms with E-state index in [0.717, 1.165) is 29.9 Å². The van der Waals surface area contributed by atoms with Crippen molar-refractivity contribution in [3.05, 3.63) is 35.4 Å². The smallest absolute Gasteiger partial charge is 0.248 e. The van der Waals surface area contributed by atoms with Gasteiger partial charge in [-0.1, -0.05) is 12.1 Å². The molecular weight excluding hydrogens is 260 g/mol. The fourth-order valence-corrected chi connectivity index (χ4v) is 3.45. The molecule has 1 saturated heterocycles. The first-order valence-electron chi connectivity index (χ1n) is 6.49. The highest BCUT2D eigenvalue weighted by atomic mass is 32.2. The van der Waals surface area contributed by atoms with Gasteiger partial charge in [0.25, 0.3) is 0 Å². The lowest BCUT2D eigenvalue weighted by molar-refractivity contribution is 0.0320. The van der Waals surface area contributed by atoms with E-state index < -0.39 is 11.5 Å². The molecule has 0 atom stereocenters. The highest BCUT2D eigenvalue weighted by Crippen LogP contribution is 2.26. The molecule has 0 aromatic heterocycles. The third kappa shape index (κ3) is 4.23. The minimum Gasteiger partial charge on any atom is -0.389 e. The first-order valence-corrected chi connectivity index (χ1v) is 7.64. The first-order chi connectivity index (χ1) is 9.09. The fraction of sp³-hybridized carbons (Fsp3) is 0.500. The molecule has 1 heterocycles. The number of nitrogens with one attached hydrogen (secondary N) is 1. The zero-order valence-corrected chi connectivity index (χ0v) is 11.7. The number of amides is 1. The van der Waals surface area contributed by atoms with Gasteiger partial charge < -0.3 is 16.2 Å². The third-order valence-electron chi connectivity index (χ3n) is 3.42. The van der Waals surface area contributed by atoms with Crippen LogP contribution in [0.4, 0.5) is 0 Å². The van der Waals surface area contributed by atoms with E-state index in [9.17, 15) is 9.90 Å². The molecule has 4 nitrogen and oxygen atoms in total. The van der Waals surface area contributed by atoms with Crippen molar-refractivity contribution in [1.82, 2.24) is 5.32 Å². The molecule has 1 fully saturated rings. The van der Waals surface area contributed by atoms with Crippen molar-refractivity contribution in [1.29, 1.82) is 0 Å². The average molecular weight is 280 g/mol. The van der Waals surface area contributed by atoms with Gasteiger partial charge in [-0.2, -0.15) is 11.8 Å². The minimum atomic E-state index is -0.577. The molecule has 0 radical (unpaired) electrons. The molecule has 0 aliphatic carbocycles. The van der Waals surface area contributed by atoms with Crippen molar-refractivity contribution in [2.75, 3.05) is 18.1 Å². The van der Waals surface area contributed by atoms with Crippen LogP contribution in [-0.4, -0.2) is 34.7 Å². The highest BCUT2D eigenvalue weighted by Gasteiger charge is 2.28. The summed E-state index contributed by atoms with van der Waals surface area (Å²) in [6.45, 7) is 1.23. The van der Waals surface area contributed by atoms with Crippen LogP contribution >= 0.6 is 11.8 Å². The van der Waals surface area contributed by atoms with E-state index in [0.29, 0.717) is 18.7 Å². The second-order valence-corrected chi connectivity index (χ2v) is 6.23. The molecule has 0 bridgehead atoms. The van der Waals surface area contributed by atoms with Crippen molar-refractivity contribution in [2.45, 2.75) is 25.0 Å². The molecule has 1 aromatic carbocycles. The third-order valence-corrected chi connectivity index (χ3v) is 4.40. The van der Waals surface area contributed by atoms with Gasteiger partial charge in [0.1, 0.15) is 0 Å². The van der Waals surface area contributed by atoms with Gasteiger partial charge in [-0.05, 0) is 42.0 Å². The summed E-state index contributed by atoms with van der Waals surface area (Å²) in [4.78, 5) is 11.1. The number of hydrogen-bond acceptors (Lipinski definition) is 4. The molecule has 0 saturated carbocycles. The number of benzene rings is 1. The lowest BCUT2D eigenvalue weighted by Gasteiger charge is -2.32. The minimum absolute atomic E-state index is 0.412. The predicted molar refractivity (Wildman–Crippen MR) is 78.2 cm³/mol. The number of primary amides is 1. The first kappa shape index (κ1) is 14.4. The van der Waals surface area contributed by atoms with Crippen LogP contribution < -0.4 is 11.1 Å². The SMILES string of the molecule is NC(=O)c1cccc(CNCC2(O)CCSCC2)c1. The van der Waals surface area contributed by atoms with Crippen LogP contribution in [-0.2, 0) is 6.54 Å². The Balaban J connectivity index is 1.85. The Morgan fingerprint density at radius 1 is 1.42 bits per heavy atom. The van der Waals surface area contributed by atoms with Gasteiger partial charge in [-0.25, -0.2) is 0 Å². The van der Waals surface area contributed by atoms with Gasteiger partial charge >= 0.3 is 0 Å². The van der Waals surface area contributed by atoms with Crippen LogP contribution in [0, 0.1) is 0 Å². The molecule has 2 rings (SSSR count). The summed E-state index contributed by atoms with van der Waals surface area (Å²) >= 11 is 1.89. The molecule has 1 aromatic rings. The van der Waals surface area contributed by atoms with Crippen LogP contribution in [0.15, 0.2) is 24.3 Å². The fourth-order valence-electron chi connectivity index (χ4n) is 2.20. The van der Waals surface area contributed by atoms with E-state index in [4.69, 9.17) is 5.73 Å². The molecule has 104 valence electrons. The lowest BCUT2D eigenvalue weighted by atomic mass is 9.97. The molecule has 0 unspecified atom stereocenters. The summed E-state index contributed by atoms with van der Waals surface area (Å²) in [7, 11) is 0. The number of carbonyl (C=O) groups excluding carboxylic acids is 1. The maximum Gasteiger partial charge on any atom is 0.248 e. The van der Waals surface area contributed by atoms with Gasteiger partial charge in [0, 0.05) is 18.7 Å². The average Bonchev–Trinajstić information content (AvgIpc) is 2.39. The van der Waals surface area contributed by atoms with Gasteiger partial charge in [-0.3, -0.25) is 4.79 Å². The largest absolute Gasteiger partial charge is 0.389 e. The zero-order chi connectivity index (χ0) is 13.7. The van der Waals surface area contributed by atoms with Crippen LogP contribution in [0.25, 0.3) is 0 Å². The van der Waals surface area contributed by atoms with Crippen molar-refractivity contribution in [3.8, 4) is 0 Å². The number of nitrogens with two attached hydrogens (primary N) is 1. The van der Waals surface area contributed by atoms with Gasteiger partial charge in [-0.15, -0.1) is 0 Å². The summed E-state index contributed by atoms with van der Waals surface area (Å²) in [6, 6.07) is 7.26. The molecule has 5 heteroatoms. The molecule has 0 spiro atoms. The van der Waals surface area contributed by atoms with Gasteiger partial charge in [0.15, 0.2) is 0 Å². The van der Waals surface area contributed by atoms with Crippen LogP contribution in [0.3, 0.4) is 0 Å². The Hall–Kier alpha value is -1.04. The van der Waals surface area contributed by atoms with Crippen molar-refractivity contribution < 1.29 is 9.90 Å². The predicted octanol–water partition coefficient (Wildman–Crippen LogP) is 1.13. The van der Waals surface area contributed by atoms with Gasteiger partial charge in [0.05, 0.1) is 5.60 Å². The monoisotopic (exact) mass is 280 g/mol. The van der Waals surface area contributed by atoms with Crippen molar-refractivity contribution in [3.63, 3.8) is 0 Å². The highest BCUT2D eigenvalue weighted by molar-refractivity contribution is 7.99. The molecule has 1 aliphatic heterocycles. The number of hydrogen-bond donors (Lipinski definition) is 3. The summed E-state index contributed by atoms with van der Waals surface area (Å²) in [5, 5.41) is 13.6. The number of rotatable bonds is 5. The van der Waals surface area contributed by atoms with Gasteiger partial charge in [0.2, 0.25) is 5.91 Å². The standard InChI is InChI=1S/C14H20N2O2S/c15-13(17)12-3-1-2-11(8-12)9-16-10-14(18)4-6-19-7-5-14/h1-3,8,16,18H,4-7,9-10H2,(H2,15,17). The van der Waals surface area contributed by atoms with Crippen LogP contribution in [0.2, 0.25) is 0 Å². The molecule has 1 amide bonds. The van der Waals surface area contributed by atoms with E-state index in [1.165, 1.54) is 0 Å². The lowest BCUT2D eigenvalue weighted by Crippen LogP contribution is -2.43. The summed E-state index contributed by atoms with van der Waals surface area (Å²) < 4.78 is 0. The van der Waals surface area contributed by atoms with Crippen LogP contribution in [0.1, 0.15) is 28.8 Å². The van der Waals surface area contributed by atoms with E-state index in [1.54, 1.807) is 12.1 Å². The Labute approximate surface area is 117 Å². The molecule has 1 aliphatic rings. The maximum absolute atomic E-state index is 11.1. The summed E-state index contributed by atoms with van der Waals surface area (Å²) in [5.74, 6) is 1.63. The normalized spacial score (nSPS) is 18.2. The Morgan fingerprint density at radius 2 is 2.16 bits per heavy atom. The van der Waals surface area contributed by atoms with E-state index in [2.05, 4.69) is 5.32 Å². The van der Waals surface area contributed by atoms with E-state index in [-0.39, 0.29) is 0 Å². The Bertz CT molecular complexity index is 445.